The summed E-state index contributed by atoms with van der Waals surface area (Å²) in [6.07, 6.45) is 2.34. The van der Waals surface area contributed by atoms with Gasteiger partial charge in [0, 0.05) is 0 Å². The van der Waals surface area contributed by atoms with Crippen molar-refractivity contribution in [3.8, 4) is 18.1 Å². The van der Waals surface area contributed by atoms with Crippen molar-refractivity contribution < 1.29 is 17.9 Å². The Morgan fingerprint density at radius 3 is 2.50 bits per heavy atom. The van der Waals surface area contributed by atoms with Crippen molar-refractivity contribution in [1.82, 2.24) is 0 Å². The van der Waals surface area contributed by atoms with Crippen LogP contribution in [0.25, 0.3) is 0 Å². The largest absolute Gasteiger partial charge is 0.573 e. The molecule has 84 valence electrons. The van der Waals surface area contributed by atoms with Crippen molar-refractivity contribution in [2.24, 2.45) is 0 Å². The van der Waals surface area contributed by atoms with E-state index in [0.29, 0.717) is 0 Å². The predicted molar refractivity (Wildman–Crippen MR) is 52.9 cm³/mol. The predicted octanol–water partition coefficient (Wildman–Crippen LogP) is 3.25. The van der Waals surface area contributed by atoms with Gasteiger partial charge in [0.2, 0.25) is 0 Å². The molecule has 0 atom stereocenters. The molecule has 0 N–H and O–H groups in total. The van der Waals surface area contributed by atoms with E-state index in [0.717, 1.165) is 18.4 Å². The molecule has 1 fully saturated rings. The van der Waals surface area contributed by atoms with Crippen LogP contribution in [0.4, 0.5) is 13.2 Å². The first-order chi connectivity index (χ1) is 7.45. The van der Waals surface area contributed by atoms with Crippen LogP contribution in [0.3, 0.4) is 0 Å². The van der Waals surface area contributed by atoms with Gasteiger partial charge in [0.1, 0.15) is 5.75 Å². The first kappa shape index (κ1) is 10.9. The number of rotatable bonds is 2. The van der Waals surface area contributed by atoms with Gasteiger partial charge in [-0.15, -0.1) is 19.6 Å². The Balaban J connectivity index is 2.25. The monoisotopic (exact) mass is 226 g/mol. The molecule has 1 aromatic rings. The smallest absolute Gasteiger partial charge is 0.406 e. The third kappa shape index (κ3) is 2.13. The van der Waals surface area contributed by atoms with Gasteiger partial charge in [0.15, 0.2) is 0 Å². The normalized spacial score (nSPS) is 17.6. The van der Waals surface area contributed by atoms with Crippen LogP contribution in [-0.2, 0) is 5.41 Å². The van der Waals surface area contributed by atoms with Crippen molar-refractivity contribution in [2.45, 2.75) is 24.6 Å². The van der Waals surface area contributed by atoms with Gasteiger partial charge in [-0.05, 0) is 30.5 Å². The summed E-state index contributed by atoms with van der Waals surface area (Å²) in [5.74, 6) is 2.41. The van der Waals surface area contributed by atoms with Gasteiger partial charge in [0.25, 0.3) is 0 Å². The minimum atomic E-state index is -4.66. The summed E-state index contributed by atoms with van der Waals surface area (Å²) in [6, 6.07) is 5.88. The van der Waals surface area contributed by atoms with Crippen molar-refractivity contribution in [3.05, 3.63) is 29.8 Å². The third-order valence-electron chi connectivity index (χ3n) is 2.65. The van der Waals surface area contributed by atoms with Gasteiger partial charge in [-0.25, -0.2) is 0 Å². The van der Waals surface area contributed by atoms with Gasteiger partial charge in [-0.3, -0.25) is 0 Å². The van der Waals surface area contributed by atoms with Crippen molar-refractivity contribution in [3.63, 3.8) is 0 Å². The quantitative estimate of drug-likeness (QED) is 0.703. The van der Waals surface area contributed by atoms with E-state index in [1.165, 1.54) is 18.2 Å². The van der Waals surface area contributed by atoms with Crippen molar-refractivity contribution in [2.75, 3.05) is 0 Å². The van der Waals surface area contributed by atoms with E-state index in [2.05, 4.69) is 10.7 Å². The minimum absolute atomic E-state index is 0.216. The van der Waals surface area contributed by atoms with Crippen LogP contribution in [0.5, 0.6) is 5.75 Å². The molecule has 0 bridgehead atoms. The molecule has 0 saturated heterocycles. The second-order valence-electron chi connectivity index (χ2n) is 3.80. The summed E-state index contributed by atoms with van der Waals surface area (Å²) in [5.41, 5.74) is 0.349. The summed E-state index contributed by atoms with van der Waals surface area (Å²) in [6.45, 7) is 0. The lowest BCUT2D eigenvalue weighted by atomic mass is 9.97. The van der Waals surface area contributed by atoms with Crippen LogP contribution in [0.2, 0.25) is 0 Å². The van der Waals surface area contributed by atoms with E-state index in [1.807, 2.05) is 0 Å². The lowest BCUT2D eigenvalue weighted by molar-refractivity contribution is -0.274. The topological polar surface area (TPSA) is 9.23 Å². The fourth-order valence-corrected chi connectivity index (χ4v) is 1.63. The Morgan fingerprint density at radius 2 is 2.00 bits per heavy atom. The second kappa shape index (κ2) is 3.44. The van der Waals surface area contributed by atoms with Crippen LogP contribution in [0.15, 0.2) is 24.3 Å². The molecule has 1 saturated carbocycles. The molecule has 0 radical (unpaired) electrons. The Labute approximate surface area is 91.2 Å². The van der Waals surface area contributed by atoms with Crippen molar-refractivity contribution in [1.29, 1.82) is 0 Å². The molecular formula is C12H9F3O. The minimum Gasteiger partial charge on any atom is -0.406 e. The number of hydrogen-bond acceptors (Lipinski definition) is 1. The molecule has 16 heavy (non-hydrogen) atoms. The first-order valence-electron chi connectivity index (χ1n) is 4.79. The summed E-state index contributed by atoms with van der Waals surface area (Å²) in [5, 5.41) is 0. The molecule has 2 rings (SSSR count). The Morgan fingerprint density at radius 1 is 1.31 bits per heavy atom. The fraction of sp³-hybridized carbons (Fsp3) is 0.333. The van der Waals surface area contributed by atoms with E-state index in [-0.39, 0.29) is 11.2 Å². The number of terminal acetylenes is 1. The van der Waals surface area contributed by atoms with Gasteiger partial charge < -0.3 is 4.74 Å². The van der Waals surface area contributed by atoms with E-state index in [1.54, 1.807) is 6.07 Å². The van der Waals surface area contributed by atoms with Gasteiger partial charge in [-0.2, -0.15) is 0 Å². The highest BCUT2D eigenvalue weighted by Crippen LogP contribution is 2.48. The number of hydrogen-bond donors (Lipinski definition) is 0. The van der Waals surface area contributed by atoms with Crippen LogP contribution in [0.1, 0.15) is 18.4 Å². The molecule has 1 aromatic carbocycles. The van der Waals surface area contributed by atoms with Crippen LogP contribution in [-0.4, -0.2) is 6.36 Å². The summed E-state index contributed by atoms with van der Waals surface area (Å²) in [4.78, 5) is 0. The Kier molecular flexibility index (Phi) is 2.34. The molecule has 0 spiro atoms. The van der Waals surface area contributed by atoms with E-state index in [9.17, 15) is 13.2 Å². The maximum atomic E-state index is 12.0. The van der Waals surface area contributed by atoms with E-state index < -0.39 is 6.36 Å². The van der Waals surface area contributed by atoms with Crippen molar-refractivity contribution >= 4 is 0 Å². The second-order valence-corrected chi connectivity index (χ2v) is 3.80. The molecule has 1 aliphatic carbocycles. The molecule has 4 heteroatoms. The van der Waals surface area contributed by atoms with E-state index in [4.69, 9.17) is 6.42 Å². The summed E-state index contributed by atoms with van der Waals surface area (Å²) < 4.78 is 39.9. The molecule has 1 nitrogen and oxygen atoms in total. The first-order valence-corrected chi connectivity index (χ1v) is 4.79. The van der Waals surface area contributed by atoms with E-state index >= 15 is 0 Å². The third-order valence-corrected chi connectivity index (χ3v) is 2.65. The van der Waals surface area contributed by atoms with Gasteiger partial charge in [-0.1, -0.05) is 18.1 Å². The Hall–Kier alpha value is -1.63. The summed E-state index contributed by atoms with van der Waals surface area (Å²) >= 11 is 0. The highest BCUT2D eigenvalue weighted by molar-refractivity contribution is 5.43. The number of ether oxygens (including phenoxy) is 1. The molecule has 0 aromatic heterocycles. The number of benzene rings is 1. The Bertz CT molecular complexity index is 438. The van der Waals surface area contributed by atoms with Crippen LogP contribution >= 0.6 is 0 Å². The molecule has 1 aliphatic rings. The highest BCUT2D eigenvalue weighted by atomic mass is 19.4. The zero-order valence-electron chi connectivity index (χ0n) is 8.34. The van der Waals surface area contributed by atoms with Crippen LogP contribution < -0.4 is 4.74 Å². The average Bonchev–Trinajstić information content (AvgIpc) is 2.96. The van der Waals surface area contributed by atoms with Crippen LogP contribution in [0, 0.1) is 12.3 Å². The molecule has 0 aliphatic heterocycles. The average molecular weight is 226 g/mol. The number of alkyl halides is 3. The zero-order chi connectivity index (χ0) is 11.8. The molecule has 0 unspecified atom stereocenters. The molecular weight excluding hydrogens is 217 g/mol. The fourth-order valence-electron chi connectivity index (χ4n) is 1.63. The lowest BCUT2D eigenvalue weighted by Crippen LogP contribution is -2.17. The van der Waals surface area contributed by atoms with Gasteiger partial charge >= 0.3 is 6.36 Å². The maximum absolute atomic E-state index is 12.0. The highest BCUT2D eigenvalue weighted by Gasteiger charge is 2.43. The number of halogens is 3. The maximum Gasteiger partial charge on any atom is 0.573 e. The molecule has 0 heterocycles. The van der Waals surface area contributed by atoms with Gasteiger partial charge in [0.05, 0.1) is 5.41 Å². The molecule has 0 amide bonds. The SMILES string of the molecule is C#CC1(c2cccc(OC(F)(F)F)c2)CC1. The zero-order valence-corrected chi connectivity index (χ0v) is 8.34. The summed E-state index contributed by atoms with van der Waals surface area (Å²) in [7, 11) is 0. The lowest BCUT2D eigenvalue weighted by Gasteiger charge is -2.12. The standard InChI is InChI=1S/C12H9F3O/c1-2-11(6-7-11)9-4-3-5-10(8-9)16-12(13,14)15/h1,3-5,8H,6-7H2.